The highest BCUT2D eigenvalue weighted by atomic mass is 19.4. The predicted molar refractivity (Wildman–Crippen MR) is 69.1 cm³/mol. The van der Waals surface area contributed by atoms with Crippen LogP contribution in [0.1, 0.15) is 18.1 Å². The van der Waals surface area contributed by atoms with Gasteiger partial charge in [-0.3, -0.25) is 4.79 Å². The van der Waals surface area contributed by atoms with Crippen molar-refractivity contribution in [1.29, 1.82) is 5.26 Å². The first-order valence-corrected chi connectivity index (χ1v) is 6.00. The normalized spacial score (nSPS) is 12.3. The summed E-state index contributed by atoms with van der Waals surface area (Å²) in [4.78, 5) is 11.5. The Bertz CT molecular complexity index is 580. The van der Waals surface area contributed by atoms with Crippen LogP contribution in [0.4, 0.5) is 13.2 Å². The van der Waals surface area contributed by atoms with Crippen molar-refractivity contribution in [2.45, 2.75) is 19.5 Å². The van der Waals surface area contributed by atoms with Gasteiger partial charge in [0.2, 0.25) is 0 Å². The average Bonchev–Trinajstić information content (AvgIpc) is 2.38. The van der Waals surface area contributed by atoms with Gasteiger partial charge in [0, 0.05) is 6.54 Å². The molecule has 0 bridgehead atoms. The van der Waals surface area contributed by atoms with Gasteiger partial charge in [0.05, 0.1) is 5.56 Å². The SMILES string of the molecule is CC(O)=C(C#N)C(=O)NCCc1ccc(C(F)(F)F)cc1. The zero-order chi connectivity index (χ0) is 16.0. The van der Waals surface area contributed by atoms with Crippen LogP contribution in [0.15, 0.2) is 35.6 Å². The van der Waals surface area contributed by atoms with Crippen LogP contribution in [0.3, 0.4) is 0 Å². The van der Waals surface area contributed by atoms with E-state index in [4.69, 9.17) is 10.4 Å². The molecule has 0 fully saturated rings. The molecule has 0 aliphatic heterocycles. The molecule has 0 aliphatic rings. The van der Waals surface area contributed by atoms with Crippen molar-refractivity contribution in [3.8, 4) is 6.07 Å². The summed E-state index contributed by atoms with van der Waals surface area (Å²) in [5, 5.41) is 20.2. The van der Waals surface area contributed by atoms with E-state index in [1.165, 1.54) is 19.1 Å². The van der Waals surface area contributed by atoms with Gasteiger partial charge in [-0.15, -0.1) is 0 Å². The molecular weight excluding hydrogens is 285 g/mol. The molecule has 1 amide bonds. The van der Waals surface area contributed by atoms with Crippen LogP contribution < -0.4 is 5.32 Å². The third-order valence-electron chi connectivity index (χ3n) is 2.68. The van der Waals surface area contributed by atoms with Crippen molar-refractivity contribution in [2.75, 3.05) is 6.54 Å². The third-order valence-corrected chi connectivity index (χ3v) is 2.68. The Morgan fingerprint density at radius 3 is 2.33 bits per heavy atom. The summed E-state index contributed by atoms with van der Waals surface area (Å²) in [6.45, 7) is 1.36. The number of nitrogens with one attached hydrogen (secondary N) is 1. The predicted octanol–water partition coefficient (Wildman–Crippen LogP) is 2.72. The van der Waals surface area contributed by atoms with Gasteiger partial charge in [-0.25, -0.2) is 0 Å². The Morgan fingerprint density at radius 2 is 1.90 bits per heavy atom. The number of aliphatic hydroxyl groups is 1. The van der Waals surface area contributed by atoms with E-state index in [1.807, 2.05) is 0 Å². The molecule has 1 aromatic rings. The second kappa shape index (κ2) is 6.79. The minimum Gasteiger partial charge on any atom is -0.511 e. The number of halogens is 3. The van der Waals surface area contributed by atoms with Gasteiger partial charge < -0.3 is 10.4 Å². The van der Waals surface area contributed by atoms with Gasteiger partial charge in [0.25, 0.3) is 5.91 Å². The number of nitrogens with zero attached hydrogens (tertiary/aromatic N) is 1. The quantitative estimate of drug-likeness (QED) is 0.510. The molecule has 0 spiro atoms. The highest BCUT2D eigenvalue weighted by Crippen LogP contribution is 2.29. The molecule has 0 radical (unpaired) electrons. The molecule has 112 valence electrons. The molecule has 0 heterocycles. The standard InChI is InChI=1S/C14H13F3N2O2/c1-9(20)12(8-18)13(21)19-7-6-10-2-4-11(5-3-10)14(15,16)17/h2-5,20H,6-7H2,1H3,(H,19,21). The minimum atomic E-state index is -4.38. The summed E-state index contributed by atoms with van der Waals surface area (Å²) < 4.78 is 37.1. The van der Waals surface area contributed by atoms with E-state index in [9.17, 15) is 18.0 Å². The van der Waals surface area contributed by atoms with Crippen LogP contribution in [-0.2, 0) is 17.4 Å². The van der Waals surface area contributed by atoms with Crippen LogP contribution in [0.2, 0.25) is 0 Å². The van der Waals surface area contributed by atoms with E-state index in [2.05, 4.69) is 5.32 Å². The molecule has 21 heavy (non-hydrogen) atoms. The molecule has 0 aliphatic carbocycles. The van der Waals surface area contributed by atoms with Crippen LogP contribution in [0.5, 0.6) is 0 Å². The second-order valence-electron chi connectivity index (χ2n) is 4.27. The summed E-state index contributed by atoms with van der Waals surface area (Å²) >= 11 is 0. The molecule has 1 rings (SSSR count). The Balaban J connectivity index is 2.56. The maximum atomic E-state index is 12.4. The number of amides is 1. The Labute approximate surface area is 119 Å². The molecule has 0 aromatic heterocycles. The van der Waals surface area contributed by atoms with Gasteiger partial charge in [-0.1, -0.05) is 12.1 Å². The first-order chi connectivity index (χ1) is 9.75. The van der Waals surface area contributed by atoms with Crippen molar-refractivity contribution in [3.05, 3.63) is 46.7 Å². The fourth-order valence-electron chi connectivity index (χ4n) is 1.57. The Hall–Kier alpha value is -2.49. The van der Waals surface area contributed by atoms with E-state index in [0.717, 1.165) is 12.1 Å². The molecule has 2 N–H and O–H groups in total. The molecule has 0 atom stereocenters. The van der Waals surface area contributed by atoms with E-state index in [0.29, 0.717) is 12.0 Å². The lowest BCUT2D eigenvalue weighted by molar-refractivity contribution is -0.137. The third kappa shape index (κ3) is 4.84. The summed E-state index contributed by atoms with van der Waals surface area (Å²) in [5.74, 6) is -1.10. The first kappa shape index (κ1) is 16.6. The number of hydrogen-bond donors (Lipinski definition) is 2. The van der Waals surface area contributed by atoms with Crippen LogP contribution in [-0.4, -0.2) is 17.6 Å². The van der Waals surface area contributed by atoms with Crippen molar-refractivity contribution in [3.63, 3.8) is 0 Å². The lowest BCUT2D eigenvalue weighted by Gasteiger charge is -2.08. The first-order valence-electron chi connectivity index (χ1n) is 6.00. The Morgan fingerprint density at radius 1 is 1.33 bits per heavy atom. The second-order valence-corrected chi connectivity index (χ2v) is 4.27. The lowest BCUT2D eigenvalue weighted by Crippen LogP contribution is -2.27. The van der Waals surface area contributed by atoms with Gasteiger partial charge in [0.1, 0.15) is 11.8 Å². The average molecular weight is 298 g/mol. The maximum absolute atomic E-state index is 12.4. The van der Waals surface area contributed by atoms with Crippen LogP contribution >= 0.6 is 0 Å². The monoisotopic (exact) mass is 298 g/mol. The smallest absolute Gasteiger partial charge is 0.416 e. The Kier molecular flexibility index (Phi) is 5.36. The molecule has 1 aromatic carbocycles. The van der Waals surface area contributed by atoms with E-state index in [-0.39, 0.29) is 17.9 Å². The zero-order valence-corrected chi connectivity index (χ0v) is 11.2. The van der Waals surface area contributed by atoms with E-state index in [1.54, 1.807) is 6.07 Å². The number of rotatable bonds is 4. The number of carbonyl (C=O) groups excluding carboxylic acids is 1. The summed E-state index contributed by atoms with van der Waals surface area (Å²) in [6.07, 6.45) is -4.06. The number of nitriles is 1. The van der Waals surface area contributed by atoms with Gasteiger partial charge in [-0.05, 0) is 31.0 Å². The number of alkyl halides is 3. The van der Waals surface area contributed by atoms with Gasteiger partial charge in [-0.2, -0.15) is 18.4 Å². The van der Waals surface area contributed by atoms with Crippen molar-refractivity contribution < 1.29 is 23.1 Å². The maximum Gasteiger partial charge on any atom is 0.416 e. The largest absolute Gasteiger partial charge is 0.511 e. The van der Waals surface area contributed by atoms with Crippen molar-refractivity contribution in [2.24, 2.45) is 0 Å². The van der Waals surface area contributed by atoms with Crippen molar-refractivity contribution in [1.82, 2.24) is 5.32 Å². The van der Waals surface area contributed by atoms with Crippen LogP contribution in [0, 0.1) is 11.3 Å². The zero-order valence-electron chi connectivity index (χ0n) is 11.2. The molecule has 4 nitrogen and oxygen atoms in total. The highest BCUT2D eigenvalue weighted by molar-refractivity contribution is 5.97. The van der Waals surface area contributed by atoms with E-state index >= 15 is 0 Å². The summed E-state index contributed by atoms with van der Waals surface area (Å²) in [5.41, 5.74) is -0.505. The van der Waals surface area contributed by atoms with Gasteiger partial charge in [0.15, 0.2) is 5.57 Å². The fraction of sp³-hybridized carbons (Fsp3) is 0.286. The molecule has 0 saturated carbocycles. The molecule has 7 heteroatoms. The lowest BCUT2D eigenvalue weighted by atomic mass is 10.1. The van der Waals surface area contributed by atoms with Gasteiger partial charge >= 0.3 is 6.18 Å². The summed E-state index contributed by atoms with van der Waals surface area (Å²) in [6, 6.07) is 6.16. The minimum absolute atomic E-state index is 0.142. The van der Waals surface area contributed by atoms with E-state index < -0.39 is 17.6 Å². The van der Waals surface area contributed by atoms with Crippen molar-refractivity contribution >= 4 is 5.91 Å². The number of benzene rings is 1. The highest BCUT2D eigenvalue weighted by Gasteiger charge is 2.29. The molecular formula is C14H13F3N2O2. The number of carbonyl (C=O) groups is 1. The number of aliphatic hydroxyl groups excluding tert-OH is 1. The summed E-state index contributed by atoms with van der Waals surface area (Å²) in [7, 11) is 0. The number of hydrogen-bond acceptors (Lipinski definition) is 3. The fourth-order valence-corrected chi connectivity index (χ4v) is 1.57. The molecule has 0 unspecified atom stereocenters. The topological polar surface area (TPSA) is 73.1 Å². The van der Waals surface area contributed by atoms with Crippen LogP contribution in [0.25, 0.3) is 0 Å². The number of allylic oxidation sites excluding steroid dienone is 1. The molecule has 0 saturated heterocycles.